The highest BCUT2D eigenvalue weighted by Gasteiger charge is 2.06. The number of thiazole rings is 1. The third kappa shape index (κ3) is 3.68. The maximum atomic E-state index is 5.32. The molecular formula is C13H18N2OS. The molecule has 0 saturated carbocycles. The van der Waals surface area contributed by atoms with Crippen molar-refractivity contribution in [3.63, 3.8) is 0 Å². The van der Waals surface area contributed by atoms with Gasteiger partial charge in [-0.3, -0.25) is 0 Å². The molecule has 17 heavy (non-hydrogen) atoms. The number of hydrogen-bond acceptors (Lipinski definition) is 4. The summed E-state index contributed by atoms with van der Waals surface area (Å²) >= 11 is 1.72. The average Bonchev–Trinajstić information content (AvgIpc) is 2.95. The Morgan fingerprint density at radius 3 is 3.06 bits per heavy atom. The van der Waals surface area contributed by atoms with Gasteiger partial charge in [0.2, 0.25) is 0 Å². The van der Waals surface area contributed by atoms with Crippen LogP contribution in [-0.4, -0.2) is 11.0 Å². The molecule has 0 bridgehead atoms. The van der Waals surface area contributed by atoms with Crippen LogP contribution in [0.5, 0.6) is 0 Å². The molecule has 4 heteroatoms. The summed E-state index contributed by atoms with van der Waals surface area (Å²) in [5, 5.41) is 3.52. The van der Waals surface area contributed by atoms with Crippen LogP contribution in [0.15, 0.2) is 28.3 Å². The lowest BCUT2D eigenvalue weighted by molar-refractivity contribution is 0.460. The Hall–Kier alpha value is -1.13. The summed E-state index contributed by atoms with van der Waals surface area (Å²) in [6, 6.07) is 4.45. The molecule has 2 heterocycles. The van der Waals surface area contributed by atoms with E-state index in [4.69, 9.17) is 4.42 Å². The van der Waals surface area contributed by atoms with E-state index in [1.54, 1.807) is 17.6 Å². The van der Waals surface area contributed by atoms with Crippen molar-refractivity contribution < 1.29 is 4.42 Å². The van der Waals surface area contributed by atoms with Crippen molar-refractivity contribution in [2.24, 2.45) is 0 Å². The van der Waals surface area contributed by atoms with Gasteiger partial charge in [0.05, 0.1) is 17.5 Å². The molecule has 2 aromatic heterocycles. The Morgan fingerprint density at radius 1 is 1.53 bits per heavy atom. The van der Waals surface area contributed by atoms with Crippen molar-refractivity contribution in [2.75, 3.05) is 0 Å². The van der Waals surface area contributed by atoms with Gasteiger partial charge in [0.25, 0.3) is 0 Å². The lowest BCUT2D eigenvalue weighted by atomic mass is 10.1. The number of aryl methyl sites for hydroxylation is 2. The minimum Gasteiger partial charge on any atom is -0.469 e. The van der Waals surface area contributed by atoms with Crippen LogP contribution in [0.2, 0.25) is 0 Å². The molecule has 2 rings (SSSR count). The Kier molecular flexibility index (Phi) is 4.34. The first-order valence-corrected chi connectivity index (χ1v) is 6.78. The third-order valence-electron chi connectivity index (χ3n) is 2.86. The second kappa shape index (κ2) is 5.98. The molecule has 0 spiro atoms. The molecule has 3 nitrogen and oxygen atoms in total. The zero-order valence-electron chi connectivity index (χ0n) is 10.3. The van der Waals surface area contributed by atoms with Crippen molar-refractivity contribution in [1.29, 1.82) is 0 Å². The van der Waals surface area contributed by atoms with Crippen LogP contribution in [-0.2, 0) is 13.0 Å². The zero-order chi connectivity index (χ0) is 12.1. The van der Waals surface area contributed by atoms with Gasteiger partial charge >= 0.3 is 0 Å². The molecular weight excluding hydrogens is 232 g/mol. The summed E-state index contributed by atoms with van der Waals surface area (Å²) in [6.07, 6.45) is 3.81. The summed E-state index contributed by atoms with van der Waals surface area (Å²) in [5.74, 6) is 1.06. The van der Waals surface area contributed by atoms with E-state index in [1.807, 2.05) is 17.6 Å². The molecule has 0 aliphatic heterocycles. The molecule has 1 N–H and O–H groups in total. The Labute approximate surface area is 106 Å². The maximum Gasteiger partial charge on any atom is 0.103 e. The van der Waals surface area contributed by atoms with Crippen LogP contribution in [0.1, 0.15) is 29.7 Å². The number of rotatable bonds is 6. The van der Waals surface area contributed by atoms with Crippen LogP contribution < -0.4 is 5.32 Å². The van der Waals surface area contributed by atoms with E-state index in [0.29, 0.717) is 6.04 Å². The molecule has 0 amide bonds. The first-order valence-electron chi connectivity index (χ1n) is 5.90. The van der Waals surface area contributed by atoms with E-state index in [9.17, 15) is 0 Å². The lowest BCUT2D eigenvalue weighted by Gasteiger charge is -2.12. The van der Waals surface area contributed by atoms with Gasteiger partial charge < -0.3 is 9.73 Å². The molecule has 1 unspecified atom stereocenters. The highest BCUT2D eigenvalue weighted by Crippen LogP contribution is 2.12. The second-order valence-electron chi connectivity index (χ2n) is 4.26. The van der Waals surface area contributed by atoms with Gasteiger partial charge in [0.1, 0.15) is 5.76 Å². The summed E-state index contributed by atoms with van der Waals surface area (Å²) in [7, 11) is 0. The van der Waals surface area contributed by atoms with Gasteiger partial charge in [0.15, 0.2) is 0 Å². The highest BCUT2D eigenvalue weighted by molar-refractivity contribution is 7.09. The monoisotopic (exact) mass is 250 g/mol. The van der Waals surface area contributed by atoms with Crippen molar-refractivity contribution in [3.8, 4) is 0 Å². The fourth-order valence-electron chi connectivity index (χ4n) is 1.68. The van der Waals surface area contributed by atoms with E-state index in [2.05, 4.69) is 24.1 Å². The smallest absolute Gasteiger partial charge is 0.103 e. The molecule has 0 radical (unpaired) electrons. The summed E-state index contributed by atoms with van der Waals surface area (Å²) in [5.41, 5.74) is 3.04. The molecule has 0 aliphatic rings. The minimum absolute atomic E-state index is 0.488. The maximum absolute atomic E-state index is 5.32. The topological polar surface area (TPSA) is 38.1 Å². The van der Waals surface area contributed by atoms with E-state index >= 15 is 0 Å². The van der Waals surface area contributed by atoms with Crippen LogP contribution in [0, 0.1) is 6.92 Å². The van der Waals surface area contributed by atoms with Gasteiger partial charge in [-0.15, -0.1) is 11.3 Å². The number of hydrogen-bond donors (Lipinski definition) is 1. The lowest BCUT2D eigenvalue weighted by Crippen LogP contribution is -2.25. The number of furan rings is 1. The molecule has 0 fully saturated rings. The molecule has 92 valence electrons. The average molecular weight is 250 g/mol. The van der Waals surface area contributed by atoms with Crippen LogP contribution in [0.4, 0.5) is 0 Å². The number of nitrogens with zero attached hydrogens (tertiary/aromatic N) is 1. The molecule has 0 saturated heterocycles. The van der Waals surface area contributed by atoms with Gasteiger partial charge in [-0.1, -0.05) is 0 Å². The number of nitrogens with one attached hydrogen (secondary N) is 1. The van der Waals surface area contributed by atoms with Crippen LogP contribution in [0.25, 0.3) is 0 Å². The Morgan fingerprint density at radius 2 is 2.41 bits per heavy atom. The fourth-order valence-corrected chi connectivity index (χ4v) is 2.41. The van der Waals surface area contributed by atoms with Gasteiger partial charge in [-0.05, 0) is 32.4 Å². The molecule has 1 atom stereocenters. The largest absolute Gasteiger partial charge is 0.469 e. The second-order valence-corrected chi connectivity index (χ2v) is 5.20. The Balaban J connectivity index is 1.71. The summed E-state index contributed by atoms with van der Waals surface area (Å²) in [6.45, 7) is 5.18. The van der Waals surface area contributed by atoms with Crippen LogP contribution >= 0.6 is 11.3 Å². The van der Waals surface area contributed by atoms with E-state index in [-0.39, 0.29) is 0 Å². The SMILES string of the molecule is Cc1ncsc1CNC(C)CCc1ccco1. The predicted octanol–water partition coefficient (Wildman–Crippen LogP) is 3.16. The van der Waals surface area contributed by atoms with Gasteiger partial charge in [-0.2, -0.15) is 0 Å². The first kappa shape index (κ1) is 12.3. The molecule has 2 aromatic rings. The van der Waals surface area contributed by atoms with Gasteiger partial charge in [-0.25, -0.2) is 4.98 Å². The van der Waals surface area contributed by atoms with E-state index in [0.717, 1.165) is 30.8 Å². The first-order chi connectivity index (χ1) is 8.25. The van der Waals surface area contributed by atoms with Crippen molar-refractivity contribution >= 4 is 11.3 Å². The normalized spacial score (nSPS) is 12.8. The van der Waals surface area contributed by atoms with Crippen molar-refractivity contribution in [2.45, 2.75) is 39.3 Å². The molecule has 0 aliphatic carbocycles. The quantitative estimate of drug-likeness (QED) is 0.856. The number of aromatic nitrogens is 1. The van der Waals surface area contributed by atoms with Crippen LogP contribution in [0.3, 0.4) is 0 Å². The predicted molar refractivity (Wildman–Crippen MR) is 70.2 cm³/mol. The molecule has 0 aromatic carbocycles. The minimum atomic E-state index is 0.488. The summed E-state index contributed by atoms with van der Waals surface area (Å²) in [4.78, 5) is 5.57. The summed E-state index contributed by atoms with van der Waals surface area (Å²) < 4.78 is 5.32. The fraction of sp³-hybridized carbons (Fsp3) is 0.462. The highest BCUT2D eigenvalue weighted by atomic mass is 32.1. The van der Waals surface area contributed by atoms with Gasteiger partial charge in [0, 0.05) is 23.9 Å². The van der Waals surface area contributed by atoms with E-state index in [1.165, 1.54) is 4.88 Å². The van der Waals surface area contributed by atoms with E-state index < -0.39 is 0 Å². The zero-order valence-corrected chi connectivity index (χ0v) is 11.1. The van der Waals surface area contributed by atoms with Crippen molar-refractivity contribution in [3.05, 3.63) is 40.2 Å². The third-order valence-corrected chi connectivity index (χ3v) is 3.79. The standard InChI is InChI=1S/C13H18N2OS/c1-10(5-6-12-4-3-7-16-12)14-8-13-11(2)15-9-17-13/h3-4,7,9-10,14H,5-6,8H2,1-2H3. The van der Waals surface area contributed by atoms with Crippen molar-refractivity contribution in [1.82, 2.24) is 10.3 Å². The Bertz CT molecular complexity index is 436.